The van der Waals surface area contributed by atoms with Gasteiger partial charge in [-0.15, -0.1) is 0 Å². The minimum absolute atomic E-state index is 0.122. The lowest BCUT2D eigenvalue weighted by Gasteiger charge is -2.07. The van der Waals surface area contributed by atoms with E-state index >= 15 is 0 Å². The molecule has 0 atom stereocenters. The predicted molar refractivity (Wildman–Crippen MR) is 69.4 cm³/mol. The smallest absolute Gasteiger partial charge is 0.0615 e. The Bertz CT molecular complexity index is 349. The molecular weight excluding hydrogens is 196 g/mol. The van der Waals surface area contributed by atoms with Gasteiger partial charge >= 0.3 is 0 Å². The van der Waals surface area contributed by atoms with Crippen molar-refractivity contribution in [2.75, 3.05) is 6.61 Å². The number of benzene rings is 1. The summed E-state index contributed by atoms with van der Waals surface area (Å²) in [5.41, 5.74) is 3.76. The summed E-state index contributed by atoms with van der Waals surface area (Å²) < 4.78 is 0. The van der Waals surface area contributed by atoms with E-state index < -0.39 is 0 Å². The highest BCUT2D eigenvalue weighted by atomic mass is 16.2. The fourth-order valence-electron chi connectivity index (χ4n) is 1.73. The maximum Gasteiger partial charge on any atom is 0.0615 e. The fourth-order valence-corrected chi connectivity index (χ4v) is 1.73. The SMILES string of the molecule is C=C(C)C/C(=C/CO)CCc1ccccc1. The number of aliphatic hydroxyl groups is 1. The van der Waals surface area contributed by atoms with Crippen LogP contribution in [0.5, 0.6) is 0 Å². The van der Waals surface area contributed by atoms with E-state index in [1.807, 2.05) is 19.1 Å². The summed E-state index contributed by atoms with van der Waals surface area (Å²) in [5.74, 6) is 0. The molecule has 0 aliphatic rings. The second kappa shape index (κ2) is 7.02. The van der Waals surface area contributed by atoms with E-state index in [2.05, 4.69) is 30.8 Å². The maximum absolute atomic E-state index is 8.94. The Morgan fingerprint density at radius 1 is 1.31 bits per heavy atom. The first kappa shape index (κ1) is 12.7. The molecule has 0 unspecified atom stereocenters. The Kier molecular flexibility index (Phi) is 5.58. The van der Waals surface area contributed by atoms with Gasteiger partial charge in [-0.2, -0.15) is 0 Å². The molecule has 0 aromatic heterocycles. The molecule has 16 heavy (non-hydrogen) atoms. The first-order valence-corrected chi connectivity index (χ1v) is 5.69. The highest BCUT2D eigenvalue weighted by molar-refractivity contribution is 5.18. The maximum atomic E-state index is 8.94. The lowest BCUT2D eigenvalue weighted by Crippen LogP contribution is -1.92. The van der Waals surface area contributed by atoms with E-state index in [4.69, 9.17) is 5.11 Å². The minimum Gasteiger partial charge on any atom is -0.392 e. The van der Waals surface area contributed by atoms with Crippen molar-refractivity contribution in [2.24, 2.45) is 0 Å². The molecule has 0 amide bonds. The van der Waals surface area contributed by atoms with Gasteiger partial charge < -0.3 is 5.11 Å². The molecule has 1 nitrogen and oxygen atoms in total. The average Bonchev–Trinajstić information content (AvgIpc) is 2.27. The third-order valence-corrected chi connectivity index (χ3v) is 2.49. The number of aliphatic hydroxyl groups excluding tert-OH is 1. The van der Waals surface area contributed by atoms with Crippen LogP contribution in [-0.2, 0) is 6.42 Å². The van der Waals surface area contributed by atoms with Gasteiger partial charge in [-0.1, -0.05) is 54.1 Å². The number of hydrogen-bond acceptors (Lipinski definition) is 1. The average molecular weight is 216 g/mol. The number of aryl methyl sites for hydroxylation is 1. The van der Waals surface area contributed by atoms with E-state index in [0.29, 0.717) is 0 Å². The van der Waals surface area contributed by atoms with Crippen LogP contribution in [0.2, 0.25) is 0 Å². The van der Waals surface area contributed by atoms with Gasteiger partial charge in [-0.3, -0.25) is 0 Å². The van der Waals surface area contributed by atoms with E-state index in [0.717, 1.165) is 24.8 Å². The third kappa shape index (κ3) is 4.94. The lowest BCUT2D eigenvalue weighted by molar-refractivity contribution is 0.341. The molecule has 1 rings (SSSR count). The van der Waals surface area contributed by atoms with Crippen LogP contribution in [0.15, 0.2) is 54.1 Å². The predicted octanol–water partition coefficient (Wildman–Crippen LogP) is 3.50. The molecular formula is C15H20O. The molecule has 1 heteroatoms. The molecule has 0 saturated heterocycles. The van der Waals surface area contributed by atoms with Crippen molar-refractivity contribution in [3.63, 3.8) is 0 Å². The molecule has 1 aromatic rings. The fraction of sp³-hybridized carbons (Fsp3) is 0.333. The molecule has 1 aromatic carbocycles. The summed E-state index contributed by atoms with van der Waals surface area (Å²) in [4.78, 5) is 0. The minimum atomic E-state index is 0.122. The summed E-state index contributed by atoms with van der Waals surface area (Å²) in [6, 6.07) is 10.4. The normalized spacial score (nSPS) is 11.5. The van der Waals surface area contributed by atoms with Gasteiger partial charge in [0, 0.05) is 0 Å². The number of rotatable bonds is 6. The Hall–Kier alpha value is -1.34. The van der Waals surface area contributed by atoms with Gasteiger partial charge in [0.1, 0.15) is 0 Å². The van der Waals surface area contributed by atoms with Crippen LogP contribution in [0.1, 0.15) is 25.3 Å². The zero-order chi connectivity index (χ0) is 11.8. The van der Waals surface area contributed by atoms with E-state index in [-0.39, 0.29) is 6.61 Å². The Labute approximate surface area is 98.1 Å². The highest BCUT2D eigenvalue weighted by Gasteiger charge is 1.99. The van der Waals surface area contributed by atoms with Gasteiger partial charge in [-0.25, -0.2) is 0 Å². The van der Waals surface area contributed by atoms with Crippen molar-refractivity contribution in [2.45, 2.75) is 26.2 Å². The standard InChI is InChI=1S/C15H20O/c1-13(2)12-15(10-11-16)9-8-14-6-4-3-5-7-14/h3-7,10,16H,1,8-9,11-12H2,2H3/b15-10+. The molecule has 0 fully saturated rings. The van der Waals surface area contributed by atoms with Gasteiger partial charge in [0.2, 0.25) is 0 Å². The first-order valence-electron chi connectivity index (χ1n) is 5.69. The summed E-state index contributed by atoms with van der Waals surface area (Å²) in [6.07, 6.45) is 4.82. The van der Waals surface area contributed by atoms with Gasteiger partial charge in [0.15, 0.2) is 0 Å². The molecule has 0 saturated carbocycles. The number of hydrogen-bond donors (Lipinski definition) is 1. The molecule has 0 aliphatic heterocycles. The van der Waals surface area contributed by atoms with E-state index in [9.17, 15) is 0 Å². The van der Waals surface area contributed by atoms with Crippen LogP contribution in [0.4, 0.5) is 0 Å². The van der Waals surface area contributed by atoms with Gasteiger partial charge in [0.05, 0.1) is 6.61 Å². The second-order valence-corrected chi connectivity index (χ2v) is 4.16. The Morgan fingerprint density at radius 3 is 2.56 bits per heavy atom. The van der Waals surface area contributed by atoms with Crippen LogP contribution in [0.25, 0.3) is 0 Å². The van der Waals surface area contributed by atoms with Gasteiger partial charge in [-0.05, 0) is 31.7 Å². The van der Waals surface area contributed by atoms with Crippen LogP contribution < -0.4 is 0 Å². The van der Waals surface area contributed by atoms with Crippen LogP contribution in [0, 0.1) is 0 Å². The van der Waals surface area contributed by atoms with Crippen molar-refractivity contribution in [1.29, 1.82) is 0 Å². The molecule has 0 heterocycles. The molecule has 1 N–H and O–H groups in total. The largest absolute Gasteiger partial charge is 0.392 e. The summed E-state index contributed by atoms with van der Waals surface area (Å²) in [6.45, 7) is 6.05. The Morgan fingerprint density at radius 2 is 2.00 bits per heavy atom. The zero-order valence-corrected chi connectivity index (χ0v) is 9.95. The van der Waals surface area contributed by atoms with Crippen molar-refractivity contribution >= 4 is 0 Å². The lowest BCUT2D eigenvalue weighted by atomic mass is 9.99. The molecule has 0 radical (unpaired) electrons. The van der Waals surface area contributed by atoms with Crippen LogP contribution in [0.3, 0.4) is 0 Å². The van der Waals surface area contributed by atoms with E-state index in [1.165, 1.54) is 11.1 Å². The molecule has 0 aliphatic carbocycles. The highest BCUT2D eigenvalue weighted by Crippen LogP contribution is 2.15. The summed E-state index contributed by atoms with van der Waals surface area (Å²) in [7, 11) is 0. The Balaban J connectivity index is 2.50. The van der Waals surface area contributed by atoms with Crippen molar-refractivity contribution in [1.82, 2.24) is 0 Å². The molecule has 0 bridgehead atoms. The molecule has 86 valence electrons. The second-order valence-electron chi connectivity index (χ2n) is 4.16. The topological polar surface area (TPSA) is 20.2 Å². The first-order chi connectivity index (χ1) is 7.72. The zero-order valence-electron chi connectivity index (χ0n) is 9.95. The monoisotopic (exact) mass is 216 g/mol. The quantitative estimate of drug-likeness (QED) is 0.721. The van der Waals surface area contributed by atoms with Crippen molar-refractivity contribution in [3.05, 3.63) is 59.7 Å². The van der Waals surface area contributed by atoms with Crippen LogP contribution in [-0.4, -0.2) is 11.7 Å². The van der Waals surface area contributed by atoms with E-state index in [1.54, 1.807) is 0 Å². The number of allylic oxidation sites excluding steroid dienone is 2. The third-order valence-electron chi connectivity index (χ3n) is 2.49. The summed E-state index contributed by atoms with van der Waals surface area (Å²) >= 11 is 0. The van der Waals surface area contributed by atoms with Crippen molar-refractivity contribution < 1.29 is 5.11 Å². The van der Waals surface area contributed by atoms with Crippen molar-refractivity contribution in [3.8, 4) is 0 Å². The van der Waals surface area contributed by atoms with Crippen LogP contribution >= 0.6 is 0 Å². The van der Waals surface area contributed by atoms with Gasteiger partial charge in [0.25, 0.3) is 0 Å². The molecule has 0 spiro atoms. The summed E-state index contributed by atoms with van der Waals surface area (Å²) in [5, 5.41) is 8.94.